The summed E-state index contributed by atoms with van der Waals surface area (Å²) in [5, 5.41) is 9.28. The van der Waals surface area contributed by atoms with Gasteiger partial charge in [-0.15, -0.1) is 0 Å². The second-order valence-electron chi connectivity index (χ2n) is 6.23. The number of rotatable bonds is 3. The second kappa shape index (κ2) is 6.44. The summed E-state index contributed by atoms with van der Waals surface area (Å²) in [6, 6.07) is -0.910. The van der Waals surface area contributed by atoms with Gasteiger partial charge in [0, 0.05) is 30.1 Å². The third-order valence-electron chi connectivity index (χ3n) is 4.16. The molecule has 0 bridgehead atoms. The summed E-state index contributed by atoms with van der Waals surface area (Å²) < 4.78 is 28.3. The molecule has 6 nitrogen and oxygen atoms in total. The van der Waals surface area contributed by atoms with E-state index in [1.807, 2.05) is 0 Å². The van der Waals surface area contributed by atoms with Gasteiger partial charge >= 0.3 is 5.97 Å². The lowest BCUT2D eigenvalue weighted by molar-refractivity contribution is -0.142. The van der Waals surface area contributed by atoms with Crippen molar-refractivity contribution in [2.24, 2.45) is 0 Å². The average molecular weight is 336 g/mol. The molecule has 2 rings (SSSR count). The molecule has 2 heterocycles. The molecule has 2 aliphatic heterocycles. The van der Waals surface area contributed by atoms with E-state index in [4.69, 9.17) is 0 Å². The molecular formula is C13H24N2O4S2. The van der Waals surface area contributed by atoms with Crippen LogP contribution in [0, 0.1) is 0 Å². The molecule has 0 aromatic heterocycles. The number of aliphatic carboxylic acids is 1. The predicted octanol–water partition coefficient (Wildman–Crippen LogP) is 1.39. The van der Waals surface area contributed by atoms with Crippen molar-refractivity contribution < 1.29 is 18.3 Å². The van der Waals surface area contributed by atoms with E-state index in [2.05, 4.69) is 13.8 Å². The molecule has 1 unspecified atom stereocenters. The first kappa shape index (κ1) is 17.1. The normalized spacial score (nSPS) is 29.0. The molecule has 0 aromatic carbocycles. The highest BCUT2D eigenvalue weighted by Gasteiger charge is 2.41. The maximum Gasteiger partial charge on any atom is 0.322 e. The summed E-state index contributed by atoms with van der Waals surface area (Å²) in [6.45, 7) is 5.47. The SMILES string of the molecule is CC1(C)CCN(S(=O)(=O)N2CCCCC2C(=O)O)CCS1. The molecule has 122 valence electrons. The monoisotopic (exact) mass is 336 g/mol. The first-order chi connectivity index (χ1) is 9.74. The van der Waals surface area contributed by atoms with Crippen molar-refractivity contribution in [1.29, 1.82) is 0 Å². The Morgan fingerprint density at radius 2 is 1.95 bits per heavy atom. The Bertz CT molecular complexity index is 492. The van der Waals surface area contributed by atoms with Gasteiger partial charge in [-0.25, -0.2) is 0 Å². The molecule has 21 heavy (non-hydrogen) atoms. The van der Waals surface area contributed by atoms with Crippen molar-refractivity contribution in [3.05, 3.63) is 0 Å². The molecule has 2 aliphatic rings. The Balaban J connectivity index is 2.18. The van der Waals surface area contributed by atoms with Crippen LogP contribution in [-0.4, -0.2) is 64.3 Å². The second-order valence-corrected chi connectivity index (χ2v) is 9.91. The minimum absolute atomic E-state index is 0.0678. The Morgan fingerprint density at radius 3 is 2.62 bits per heavy atom. The Morgan fingerprint density at radius 1 is 1.24 bits per heavy atom. The predicted molar refractivity (Wildman–Crippen MR) is 83.6 cm³/mol. The number of nitrogens with zero attached hydrogens (tertiary/aromatic N) is 2. The van der Waals surface area contributed by atoms with Gasteiger partial charge in [0.25, 0.3) is 10.2 Å². The quantitative estimate of drug-likeness (QED) is 0.842. The number of carboxylic acid groups (broad SMARTS) is 1. The molecule has 0 radical (unpaired) electrons. The Labute approximate surface area is 131 Å². The smallest absolute Gasteiger partial charge is 0.322 e. The van der Waals surface area contributed by atoms with E-state index < -0.39 is 22.2 Å². The van der Waals surface area contributed by atoms with Crippen LogP contribution in [0.3, 0.4) is 0 Å². The molecule has 2 saturated heterocycles. The van der Waals surface area contributed by atoms with Crippen LogP contribution in [0.2, 0.25) is 0 Å². The number of carboxylic acids is 1. The van der Waals surface area contributed by atoms with Crippen LogP contribution in [0.1, 0.15) is 39.5 Å². The molecule has 0 spiro atoms. The first-order valence-electron chi connectivity index (χ1n) is 7.38. The highest BCUT2D eigenvalue weighted by atomic mass is 32.2. The van der Waals surface area contributed by atoms with Crippen molar-refractivity contribution in [2.75, 3.05) is 25.4 Å². The molecule has 1 N–H and O–H groups in total. The number of hydrogen-bond donors (Lipinski definition) is 1. The minimum atomic E-state index is -3.68. The third kappa shape index (κ3) is 3.91. The van der Waals surface area contributed by atoms with Gasteiger partial charge in [0.2, 0.25) is 0 Å². The lowest BCUT2D eigenvalue weighted by atomic mass is 10.1. The lowest BCUT2D eigenvalue weighted by Crippen LogP contribution is -2.53. The van der Waals surface area contributed by atoms with Crippen molar-refractivity contribution in [2.45, 2.75) is 50.3 Å². The summed E-state index contributed by atoms with van der Waals surface area (Å²) in [6.07, 6.45) is 2.69. The van der Waals surface area contributed by atoms with Crippen LogP contribution < -0.4 is 0 Å². The Hall–Kier alpha value is -0.310. The van der Waals surface area contributed by atoms with Gasteiger partial charge in [-0.2, -0.15) is 28.8 Å². The van der Waals surface area contributed by atoms with Gasteiger partial charge in [0.15, 0.2) is 0 Å². The van der Waals surface area contributed by atoms with Gasteiger partial charge in [-0.05, 0) is 25.7 Å². The summed E-state index contributed by atoms with van der Waals surface area (Å²) >= 11 is 1.77. The summed E-state index contributed by atoms with van der Waals surface area (Å²) in [7, 11) is -3.68. The summed E-state index contributed by atoms with van der Waals surface area (Å²) in [4.78, 5) is 11.3. The number of thioether (sulfide) groups is 1. The third-order valence-corrected chi connectivity index (χ3v) is 7.58. The molecule has 0 amide bonds. The highest BCUT2D eigenvalue weighted by Crippen LogP contribution is 2.32. The molecule has 0 saturated carbocycles. The molecule has 2 fully saturated rings. The van der Waals surface area contributed by atoms with Crippen molar-refractivity contribution in [3.8, 4) is 0 Å². The summed E-state index contributed by atoms with van der Waals surface area (Å²) in [5.41, 5.74) is 0. The largest absolute Gasteiger partial charge is 0.480 e. The van der Waals surface area contributed by atoms with Crippen molar-refractivity contribution in [1.82, 2.24) is 8.61 Å². The standard InChI is InChI=1S/C13H24N2O4S2/c1-13(2)6-8-14(9-10-20-13)21(18,19)15-7-4-3-5-11(15)12(16)17/h11H,3-10H2,1-2H3,(H,16,17). The van der Waals surface area contributed by atoms with Crippen LogP contribution in [0.15, 0.2) is 0 Å². The number of piperidine rings is 1. The van der Waals surface area contributed by atoms with Crippen LogP contribution in [0.5, 0.6) is 0 Å². The topological polar surface area (TPSA) is 77.9 Å². The Kier molecular flexibility index (Phi) is 5.23. The molecular weight excluding hydrogens is 312 g/mol. The number of hydrogen-bond acceptors (Lipinski definition) is 4. The van der Waals surface area contributed by atoms with Crippen molar-refractivity contribution in [3.63, 3.8) is 0 Å². The maximum absolute atomic E-state index is 12.8. The van der Waals surface area contributed by atoms with Gasteiger partial charge in [-0.1, -0.05) is 13.8 Å². The van der Waals surface area contributed by atoms with Gasteiger partial charge in [0.1, 0.15) is 6.04 Å². The molecule has 0 aliphatic carbocycles. The van der Waals surface area contributed by atoms with E-state index in [1.165, 1.54) is 8.61 Å². The fourth-order valence-electron chi connectivity index (χ4n) is 2.81. The van der Waals surface area contributed by atoms with E-state index in [0.29, 0.717) is 26.1 Å². The fourth-order valence-corrected chi connectivity index (χ4v) is 5.84. The van der Waals surface area contributed by atoms with Gasteiger partial charge in [-0.3, -0.25) is 4.79 Å². The fraction of sp³-hybridized carbons (Fsp3) is 0.923. The van der Waals surface area contributed by atoms with Crippen LogP contribution in [0.25, 0.3) is 0 Å². The highest BCUT2D eigenvalue weighted by molar-refractivity contribution is 8.00. The summed E-state index contributed by atoms with van der Waals surface area (Å²) in [5.74, 6) is -0.291. The van der Waals surface area contributed by atoms with Crippen LogP contribution >= 0.6 is 11.8 Å². The minimum Gasteiger partial charge on any atom is -0.480 e. The first-order valence-corrected chi connectivity index (χ1v) is 9.76. The molecule has 1 atom stereocenters. The van der Waals surface area contributed by atoms with Crippen LogP contribution in [0.4, 0.5) is 0 Å². The van der Waals surface area contributed by atoms with E-state index in [1.54, 1.807) is 11.8 Å². The molecule has 0 aromatic rings. The zero-order chi connectivity index (χ0) is 15.7. The van der Waals surface area contributed by atoms with Gasteiger partial charge in [0.05, 0.1) is 0 Å². The zero-order valence-corrected chi connectivity index (χ0v) is 14.3. The van der Waals surface area contributed by atoms with E-state index in [0.717, 1.165) is 25.0 Å². The molecule has 8 heteroatoms. The lowest BCUT2D eigenvalue weighted by Gasteiger charge is -2.35. The number of carbonyl (C=O) groups is 1. The average Bonchev–Trinajstić information content (AvgIpc) is 2.60. The van der Waals surface area contributed by atoms with E-state index >= 15 is 0 Å². The maximum atomic E-state index is 12.8. The van der Waals surface area contributed by atoms with Crippen LogP contribution in [-0.2, 0) is 15.0 Å². The van der Waals surface area contributed by atoms with Crippen molar-refractivity contribution >= 4 is 27.9 Å². The van der Waals surface area contributed by atoms with E-state index in [9.17, 15) is 18.3 Å². The van der Waals surface area contributed by atoms with E-state index in [-0.39, 0.29) is 4.75 Å². The van der Waals surface area contributed by atoms with Gasteiger partial charge < -0.3 is 5.11 Å². The zero-order valence-electron chi connectivity index (χ0n) is 12.6.